The van der Waals surface area contributed by atoms with Crippen LogP contribution in [0.1, 0.15) is 56.3 Å². The number of anilines is 1. The van der Waals surface area contributed by atoms with Crippen molar-refractivity contribution in [3.05, 3.63) is 36.3 Å². The molecule has 0 bridgehead atoms. The number of sulfonamides is 1. The molecule has 3 amide bonds. The lowest BCUT2D eigenvalue weighted by molar-refractivity contribution is 0.0389. The van der Waals surface area contributed by atoms with Crippen LogP contribution in [0, 0.1) is 5.92 Å². The first-order chi connectivity index (χ1) is 19.0. The van der Waals surface area contributed by atoms with Gasteiger partial charge in [-0.1, -0.05) is 32.3 Å². The molecule has 1 aliphatic heterocycles. The van der Waals surface area contributed by atoms with Crippen molar-refractivity contribution in [2.45, 2.75) is 69.2 Å². The second kappa shape index (κ2) is 12.6. The molecule has 3 atom stereocenters. The molecular formula is C27H40N6O6S. The number of aryl methyl sites for hydroxylation is 1. The summed E-state index contributed by atoms with van der Waals surface area (Å²) in [5.74, 6) is -0.495. The number of para-hydroxylation sites is 1. The average Bonchev–Trinajstić information content (AvgIpc) is 3.38. The smallest absolute Gasteiger partial charge is 0.319 e. The number of benzene rings is 1. The molecule has 3 N–H and O–H groups in total. The van der Waals surface area contributed by atoms with Gasteiger partial charge < -0.3 is 29.9 Å². The van der Waals surface area contributed by atoms with E-state index in [0.29, 0.717) is 5.69 Å². The van der Waals surface area contributed by atoms with Crippen LogP contribution in [0.25, 0.3) is 0 Å². The minimum atomic E-state index is -3.91. The zero-order chi connectivity index (χ0) is 29.0. The van der Waals surface area contributed by atoms with Crippen molar-refractivity contribution in [2.24, 2.45) is 13.0 Å². The first-order valence-electron chi connectivity index (χ1n) is 13.7. The number of aliphatic hydroxyl groups excluding tert-OH is 1. The zero-order valence-corrected chi connectivity index (χ0v) is 24.4. The van der Waals surface area contributed by atoms with Crippen molar-refractivity contribution in [3.63, 3.8) is 0 Å². The van der Waals surface area contributed by atoms with Crippen molar-refractivity contribution < 1.29 is 27.9 Å². The van der Waals surface area contributed by atoms with Gasteiger partial charge in [-0.3, -0.25) is 4.79 Å². The number of aromatic nitrogens is 2. The van der Waals surface area contributed by atoms with Gasteiger partial charge in [-0.15, -0.1) is 0 Å². The highest BCUT2D eigenvalue weighted by atomic mass is 32.2. The van der Waals surface area contributed by atoms with E-state index in [2.05, 4.69) is 15.6 Å². The van der Waals surface area contributed by atoms with Crippen molar-refractivity contribution in [1.82, 2.24) is 24.1 Å². The Morgan fingerprint density at radius 1 is 1.27 bits per heavy atom. The maximum Gasteiger partial charge on any atom is 0.319 e. The summed E-state index contributed by atoms with van der Waals surface area (Å²) in [6.45, 7) is 3.58. The topological polar surface area (TPSA) is 146 Å². The number of aliphatic hydroxyl groups is 1. The number of nitrogens with one attached hydrogen (secondary N) is 2. The second-order valence-electron chi connectivity index (χ2n) is 10.9. The molecule has 40 heavy (non-hydrogen) atoms. The van der Waals surface area contributed by atoms with E-state index in [9.17, 15) is 23.1 Å². The minimum Gasteiger partial charge on any atom is -0.486 e. The van der Waals surface area contributed by atoms with Gasteiger partial charge in [0.15, 0.2) is 10.8 Å². The molecular weight excluding hydrogens is 536 g/mol. The first-order valence-corrected chi connectivity index (χ1v) is 15.2. The Balaban J connectivity index is 1.65. The predicted octanol–water partition coefficient (Wildman–Crippen LogP) is 2.42. The van der Waals surface area contributed by atoms with Gasteiger partial charge in [0.1, 0.15) is 6.10 Å². The number of hydrogen-bond acceptors (Lipinski definition) is 7. The van der Waals surface area contributed by atoms with Gasteiger partial charge >= 0.3 is 6.03 Å². The average molecular weight is 577 g/mol. The molecule has 1 aromatic heterocycles. The monoisotopic (exact) mass is 576 g/mol. The summed E-state index contributed by atoms with van der Waals surface area (Å²) in [7, 11) is -0.760. The summed E-state index contributed by atoms with van der Waals surface area (Å²) in [6.07, 6.45) is 7.29. The predicted molar refractivity (Wildman–Crippen MR) is 150 cm³/mol. The van der Waals surface area contributed by atoms with E-state index >= 15 is 0 Å². The van der Waals surface area contributed by atoms with Crippen LogP contribution in [0.4, 0.5) is 10.5 Å². The van der Waals surface area contributed by atoms with Gasteiger partial charge in [-0.05, 0) is 31.9 Å². The highest BCUT2D eigenvalue weighted by molar-refractivity contribution is 7.89. The van der Waals surface area contributed by atoms with Gasteiger partial charge in [-0.25, -0.2) is 18.2 Å². The quantitative estimate of drug-likeness (QED) is 0.437. The van der Waals surface area contributed by atoms with Crippen LogP contribution in [0.15, 0.2) is 35.7 Å². The Morgan fingerprint density at radius 3 is 2.65 bits per heavy atom. The maximum atomic E-state index is 13.7. The van der Waals surface area contributed by atoms with Gasteiger partial charge in [0.25, 0.3) is 15.9 Å². The Hall–Kier alpha value is -3.16. The molecule has 4 rings (SSSR count). The van der Waals surface area contributed by atoms with Crippen LogP contribution in [0.2, 0.25) is 0 Å². The number of carbonyl (C=O) groups is 2. The second-order valence-corrected chi connectivity index (χ2v) is 12.9. The van der Waals surface area contributed by atoms with Gasteiger partial charge in [0.2, 0.25) is 0 Å². The number of hydrogen-bond donors (Lipinski definition) is 3. The van der Waals surface area contributed by atoms with E-state index in [1.807, 2.05) is 6.92 Å². The van der Waals surface area contributed by atoms with Crippen molar-refractivity contribution in [2.75, 3.05) is 32.1 Å². The minimum absolute atomic E-state index is 0.0301. The van der Waals surface area contributed by atoms with E-state index in [-0.39, 0.29) is 53.9 Å². The Morgan fingerprint density at radius 2 is 2.00 bits per heavy atom. The third kappa shape index (κ3) is 6.58. The molecule has 2 aromatic rings. The third-order valence-electron chi connectivity index (χ3n) is 7.67. The Bertz CT molecular complexity index is 1310. The van der Waals surface area contributed by atoms with E-state index in [1.165, 1.54) is 23.9 Å². The van der Waals surface area contributed by atoms with Crippen molar-refractivity contribution in [3.8, 4) is 5.75 Å². The van der Waals surface area contributed by atoms with Crippen molar-refractivity contribution in [1.29, 1.82) is 0 Å². The SMILES string of the molecule is C[C@H](CO)N1C[C@H](C)[C@@H](CN(C)S(=O)(=O)c2cn(C)cn2)Oc2c(NC(=O)NC3CCCCC3)cccc2C1=O. The highest BCUT2D eigenvalue weighted by Crippen LogP contribution is 2.35. The number of urea groups is 1. The van der Waals surface area contributed by atoms with E-state index in [4.69, 9.17) is 4.74 Å². The molecule has 2 aliphatic rings. The van der Waals surface area contributed by atoms with Gasteiger partial charge in [-0.2, -0.15) is 4.31 Å². The highest BCUT2D eigenvalue weighted by Gasteiger charge is 2.36. The summed E-state index contributed by atoms with van der Waals surface area (Å²) >= 11 is 0. The van der Waals surface area contributed by atoms with E-state index in [0.717, 1.165) is 32.1 Å². The molecule has 2 heterocycles. The van der Waals surface area contributed by atoms with E-state index < -0.39 is 28.2 Å². The number of imidazole rings is 1. The van der Waals surface area contributed by atoms with Crippen LogP contribution in [0.3, 0.4) is 0 Å². The van der Waals surface area contributed by atoms with Gasteiger partial charge in [0, 0.05) is 38.8 Å². The Labute approximate surface area is 235 Å². The molecule has 1 fully saturated rings. The van der Waals surface area contributed by atoms with Crippen LogP contribution in [-0.4, -0.2) is 89.2 Å². The summed E-state index contributed by atoms with van der Waals surface area (Å²) in [5, 5.41) is 15.7. The Kier molecular flexibility index (Phi) is 9.37. The lowest BCUT2D eigenvalue weighted by atomic mass is 9.96. The molecule has 1 aromatic carbocycles. The number of amides is 3. The summed E-state index contributed by atoms with van der Waals surface area (Å²) in [4.78, 5) is 32.2. The summed E-state index contributed by atoms with van der Waals surface area (Å²) in [5.41, 5.74) is 0.535. The molecule has 12 nitrogen and oxygen atoms in total. The molecule has 220 valence electrons. The number of rotatable bonds is 8. The third-order valence-corrected chi connectivity index (χ3v) is 9.38. The maximum absolute atomic E-state index is 13.7. The molecule has 13 heteroatoms. The number of likely N-dealkylation sites (N-methyl/N-ethyl adjacent to an activating group) is 1. The largest absolute Gasteiger partial charge is 0.486 e. The number of fused-ring (bicyclic) bond motifs is 1. The molecule has 0 unspecified atom stereocenters. The first kappa shape index (κ1) is 29.8. The van der Waals surface area contributed by atoms with Crippen LogP contribution in [-0.2, 0) is 17.1 Å². The fraction of sp³-hybridized carbons (Fsp3) is 0.593. The molecule has 0 radical (unpaired) electrons. The number of carbonyl (C=O) groups excluding carboxylic acids is 2. The normalized spacial score (nSPS) is 21.2. The molecule has 0 saturated heterocycles. The summed E-state index contributed by atoms with van der Waals surface area (Å²) in [6, 6.07) is 4.14. The van der Waals surface area contributed by atoms with Crippen LogP contribution < -0.4 is 15.4 Å². The fourth-order valence-corrected chi connectivity index (χ4v) is 6.33. The van der Waals surface area contributed by atoms with Gasteiger partial charge in [0.05, 0.1) is 36.8 Å². The number of nitrogens with zero attached hydrogens (tertiary/aromatic N) is 4. The molecule has 1 aliphatic carbocycles. The lowest BCUT2D eigenvalue weighted by Crippen LogP contribution is -2.50. The fourth-order valence-electron chi connectivity index (χ4n) is 5.18. The standard InChI is InChI=1S/C27H40N6O6S/c1-18-13-33(19(2)16-34)26(35)21-11-8-12-22(30-27(36)29-20-9-6-5-7-10-20)25(21)39-23(18)14-32(4)40(37,38)24-15-31(3)17-28-24/h8,11-12,15,17-20,23,34H,5-7,9-10,13-14,16H2,1-4H3,(H2,29,30,36)/t18-,19+,23+/m0/s1. The van der Waals surface area contributed by atoms with Crippen molar-refractivity contribution >= 4 is 27.6 Å². The molecule has 1 saturated carbocycles. The summed E-state index contributed by atoms with van der Waals surface area (Å²) < 4.78 is 35.6. The van der Waals surface area contributed by atoms with Crippen LogP contribution in [0.5, 0.6) is 5.75 Å². The number of ether oxygens (including phenoxy) is 1. The van der Waals surface area contributed by atoms with Crippen LogP contribution >= 0.6 is 0 Å². The molecule has 0 spiro atoms. The zero-order valence-electron chi connectivity index (χ0n) is 23.5. The lowest BCUT2D eigenvalue weighted by Gasteiger charge is -2.38. The van der Waals surface area contributed by atoms with E-state index in [1.54, 1.807) is 41.6 Å².